The summed E-state index contributed by atoms with van der Waals surface area (Å²) in [6, 6.07) is 0.558. The molecule has 0 spiro atoms. The number of hydrogen-bond acceptors (Lipinski definition) is 3. The van der Waals surface area contributed by atoms with E-state index in [2.05, 4.69) is 41.2 Å². The standard InChI is InChI=1S/C9H18N4/c1-8(13(2)3)4-10-5-9-6-11-7-12-9/h6-8,10H,4-5H2,1-3H3,(H,11,12). The quantitative estimate of drug-likeness (QED) is 0.695. The molecule has 1 unspecified atom stereocenters. The minimum Gasteiger partial charge on any atom is -0.347 e. The van der Waals surface area contributed by atoms with Crippen molar-refractivity contribution in [2.45, 2.75) is 19.5 Å². The van der Waals surface area contributed by atoms with Crippen LogP contribution in [0.3, 0.4) is 0 Å². The molecule has 13 heavy (non-hydrogen) atoms. The molecule has 0 amide bonds. The third kappa shape index (κ3) is 3.57. The Bertz CT molecular complexity index is 218. The molecular weight excluding hydrogens is 164 g/mol. The van der Waals surface area contributed by atoms with Crippen molar-refractivity contribution in [3.63, 3.8) is 0 Å². The van der Waals surface area contributed by atoms with Gasteiger partial charge in [-0.2, -0.15) is 0 Å². The summed E-state index contributed by atoms with van der Waals surface area (Å²) in [7, 11) is 4.17. The van der Waals surface area contributed by atoms with Crippen LogP contribution in [0.1, 0.15) is 12.6 Å². The highest BCUT2D eigenvalue weighted by Gasteiger charge is 2.02. The predicted octanol–water partition coefficient (Wildman–Crippen LogP) is 0.449. The van der Waals surface area contributed by atoms with E-state index < -0.39 is 0 Å². The Kier molecular flexibility index (Phi) is 3.92. The molecule has 2 N–H and O–H groups in total. The van der Waals surface area contributed by atoms with Crippen LogP contribution in [-0.4, -0.2) is 41.5 Å². The van der Waals surface area contributed by atoms with E-state index >= 15 is 0 Å². The second-order valence-corrected chi connectivity index (χ2v) is 3.52. The first kappa shape index (κ1) is 10.2. The number of hydrogen-bond donors (Lipinski definition) is 2. The fraction of sp³-hybridized carbons (Fsp3) is 0.667. The molecular formula is C9H18N4. The highest BCUT2D eigenvalue weighted by Crippen LogP contribution is 1.92. The number of likely N-dealkylation sites (N-methyl/N-ethyl adjacent to an activating group) is 1. The van der Waals surface area contributed by atoms with Gasteiger partial charge in [0.05, 0.1) is 6.33 Å². The van der Waals surface area contributed by atoms with Gasteiger partial charge in [0.25, 0.3) is 0 Å². The third-order valence-corrected chi connectivity index (χ3v) is 2.19. The van der Waals surface area contributed by atoms with E-state index in [1.54, 1.807) is 6.33 Å². The van der Waals surface area contributed by atoms with Crippen LogP contribution in [0.25, 0.3) is 0 Å². The van der Waals surface area contributed by atoms with Gasteiger partial charge in [0.1, 0.15) is 0 Å². The van der Waals surface area contributed by atoms with Gasteiger partial charge in [-0.15, -0.1) is 0 Å². The Hall–Kier alpha value is -0.870. The van der Waals surface area contributed by atoms with Gasteiger partial charge in [-0.05, 0) is 21.0 Å². The monoisotopic (exact) mass is 182 g/mol. The van der Waals surface area contributed by atoms with Crippen LogP contribution in [0.5, 0.6) is 0 Å². The summed E-state index contributed by atoms with van der Waals surface area (Å²) in [5.74, 6) is 0. The van der Waals surface area contributed by atoms with E-state index in [9.17, 15) is 0 Å². The molecule has 0 aliphatic rings. The van der Waals surface area contributed by atoms with Gasteiger partial charge in [0.15, 0.2) is 0 Å². The number of aromatic nitrogens is 2. The number of H-pyrrole nitrogens is 1. The lowest BCUT2D eigenvalue weighted by molar-refractivity contribution is 0.302. The van der Waals surface area contributed by atoms with Crippen LogP contribution in [0.15, 0.2) is 12.5 Å². The Morgan fingerprint density at radius 2 is 2.38 bits per heavy atom. The van der Waals surface area contributed by atoms with E-state index in [0.29, 0.717) is 6.04 Å². The van der Waals surface area contributed by atoms with Gasteiger partial charge in [-0.1, -0.05) is 0 Å². The SMILES string of the molecule is CC(CNCc1cnc[nH]1)N(C)C. The molecule has 1 atom stereocenters. The normalized spacial score (nSPS) is 13.5. The molecule has 1 aromatic heterocycles. The minimum absolute atomic E-state index is 0.558. The Morgan fingerprint density at radius 3 is 2.92 bits per heavy atom. The van der Waals surface area contributed by atoms with Crippen LogP contribution < -0.4 is 5.32 Å². The van der Waals surface area contributed by atoms with Crippen molar-refractivity contribution in [1.29, 1.82) is 0 Å². The first-order chi connectivity index (χ1) is 6.20. The zero-order valence-electron chi connectivity index (χ0n) is 8.54. The summed E-state index contributed by atoms with van der Waals surface area (Å²) in [6.45, 7) is 4.05. The molecule has 0 aromatic carbocycles. The molecule has 4 nitrogen and oxygen atoms in total. The van der Waals surface area contributed by atoms with Gasteiger partial charge in [0.2, 0.25) is 0 Å². The van der Waals surface area contributed by atoms with Crippen LogP contribution >= 0.6 is 0 Å². The van der Waals surface area contributed by atoms with Crippen LogP contribution in [0, 0.1) is 0 Å². The Morgan fingerprint density at radius 1 is 1.62 bits per heavy atom. The van der Waals surface area contributed by atoms with Gasteiger partial charge in [-0.3, -0.25) is 0 Å². The molecule has 0 aliphatic heterocycles. The maximum absolute atomic E-state index is 3.95. The topological polar surface area (TPSA) is 44.0 Å². The van der Waals surface area contributed by atoms with E-state index in [4.69, 9.17) is 0 Å². The van der Waals surface area contributed by atoms with E-state index in [-0.39, 0.29) is 0 Å². The average Bonchev–Trinajstić information content (AvgIpc) is 2.56. The summed E-state index contributed by atoms with van der Waals surface area (Å²) < 4.78 is 0. The molecule has 0 saturated carbocycles. The number of rotatable bonds is 5. The minimum atomic E-state index is 0.558. The van der Waals surface area contributed by atoms with Crippen molar-refractivity contribution in [2.75, 3.05) is 20.6 Å². The second kappa shape index (κ2) is 4.99. The fourth-order valence-corrected chi connectivity index (χ4v) is 0.980. The van der Waals surface area contributed by atoms with Gasteiger partial charge in [0, 0.05) is 31.0 Å². The summed E-state index contributed by atoms with van der Waals surface area (Å²) in [6.07, 6.45) is 3.54. The molecule has 4 heteroatoms. The smallest absolute Gasteiger partial charge is 0.0922 e. The van der Waals surface area contributed by atoms with E-state index in [0.717, 1.165) is 18.8 Å². The Balaban J connectivity index is 2.14. The van der Waals surface area contributed by atoms with Gasteiger partial charge in [-0.25, -0.2) is 4.98 Å². The van der Waals surface area contributed by atoms with Crippen molar-refractivity contribution in [2.24, 2.45) is 0 Å². The van der Waals surface area contributed by atoms with Crippen molar-refractivity contribution in [3.8, 4) is 0 Å². The molecule has 0 radical (unpaired) electrons. The van der Waals surface area contributed by atoms with Crippen molar-refractivity contribution < 1.29 is 0 Å². The van der Waals surface area contributed by atoms with E-state index in [1.165, 1.54) is 0 Å². The second-order valence-electron chi connectivity index (χ2n) is 3.52. The predicted molar refractivity (Wildman–Crippen MR) is 53.4 cm³/mol. The largest absolute Gasteiger partial charge is 0.347 e. The molecule has 74 valence electrons. The summed E-state index contributed by atoms with van der Waals surface area (Å²) in [5, 5.41) is 3.36. The lowest BCUT2D eigenvalue weighted by Crippen LogP contribution is -2.35. The summed E-state index contributed by atoms with van der Waals surface area (Å²) in [4.78, 5) is 9.20. The molecule has 1 heterocycles. The average molecular weight is 182 g/mol. The van der Waals surface area contributed by atoms with Crippen LogP contribution in [-0.2, 0) is 6.54 Å². The maximum Gasteiger partial charge on any atom is 0.0922 e. The van der Waals surface area contributed by atoms with Crippen LogP contribution in [0.2, 0.25) is 0 Å². The number of nitrogens with zero attached hydrogens (tertiary/aromatic N) is 2. The van der Waals surface area contributed by atoms with Crippen molar-refractivity contribution in [1.82, 2.24) is 20.2 Å². The number of aromatic amines is 1. The molecule has 1 aromatic rings. The summed E-state index contributed by atoms with van der Waals surface area (Å²) >= 11 is 0. The fourth-order valence-electron chi connectivity index (χ4n) is 0.980. The zero-order valence-corrected chi connectivity index (χ0v) is 8.54. The molecule has 0 fully saturated rings. The van der Waals surface area contributed by atoms with Crippen molar-refractivity contribution in [3.05, 3.63) is 18.2 Å². The van der Waals surface area contributed by atoms with E-state index in [1.807, 2.05) is 6.20 Å². The highest BCUT2D eigenvalue weighted by molar-refractivity contribution is 4.93. The number of imidazole rings is 1. The molecule has 0 saturated heterocycles. The highest BCUT2D eigenvalue weighted by atomic mass is 15.1. The summed E-state index contributed by atoms with van der Waals surface area (Å²) in [5.41, 5.74) is 1.13. The van der Waals surface area contributed by atoms with Crippen molar-refractivity contribution >= 4 is 0 Å². The molecule has 1 rings (SSSR count). The first-order valence-electron chi connectivity index (χ1n) is 4.54. The molecule has 0 aliphatic carbocycles. The van der Waals surface area contributed by atoms with Crippen LogP contribution in [0.4, 0.5) is 0 Å². The van der Waals surface area contributed by atoms with Gasteiger partial charge < -0.3 is 15.2 Å². The Labute approximate surface area is 79.4 Å². The lowest BCUT2D eigenvalue weighted by Gasteiger charge is -2.19. The third-order valence-electron chi connectivity index (χ3n) is 2.19. The lowest BCUT2D eigenvalue weighted by atomic mass is 10.3. The zero-order chi connectivity index (χ0) is 9.68. The molecule has 0 bridgehead atoms. The van der Waals surface area contributed by atoms with Gasteiger partial charge >= 0.3 is 0 Å². The first-order valence-corrected chi connectivity index (χ1v) is 4.54. The maximum atomic E-state index is 3.95. The number of nitrogens with one attached hydrogen (secondary N) is 2.